The zero-order valence-corrected chi connectivity index (χ0v) is 26.6. The Morgan fingerprint density at radius 2 is 1.52 bits per heavy atom. The summed E-state index contributed by atoms with van der Waals surface area (Å²) in [5, 5.41) is 0. The molecule has 0 spiro atoms. The Labute approximate surface area is 253 Å². The fraction of sp³-hybridized carbons (Fsp3) is 0.400. The summed E-state index contributed by atoms with van der Waals surface area (Å²) in [7, 11) is 0. The van der Waals surface area contributed by atoms with Crippen molar-refractivity contribution in [1.82, 2.24) is 4.90 Å². The van der Waals surface area contributed by atoms with Crippen LogP contribution in [0.3, 0.4) is 0 Å². The molecule has 1 aliphatic heterocycles. The van der Waals surface area contributed by atoms with Gasteiger partial charge in [-0.1, -0.05) is 50.2 Å². The van der Waals surface area contributed by atoms with Gasteiger partial charge in [0.2, 0.25) is 0 Å². The Kier molecular flexibility index (Phi) is 9.51. The van der Waals surface area contributed by atoms with E-state index in [9.17, 15) is 14.4 Å². The average Bonchev–Trinajstić information content (AvgIpc) is 3.40. The molecule has 222 valence electrons. The van der Waals surface area contributed by atoms with Crippen LogP contribution in [0.2, 0.25) is 0 Å². The third kappa shape index (κ3) is 6.89. The largest absolute Gasteiger partial charge is 0.480 e. The molecular weight excluding hydrogens is 546 g/mol. The summed E-state index contributed by atoms with van der Waals surface area (Å²) in [5.74, 6) is 0.771. The summed E-state index contributed by atoms with van der Waals surface area (Å²) < 4.78 is 11.9. The summed E-state index contributed by atoms with van der Waals surface area (Å²) in [6.45, 7) is 13.8. The van der Waals surface area contributed by atoms with Gasteiger partial charge in [-0.05, 0) is 93.3 Å². The second-order valence-electron chi connectivity index (χ2n) is 12.0. The van der Waals surface area contributed by atoms with Gasteiger partial charge < -0.3 is 14.4 Å². The van der Waals surface area contributed by atoms with Gasteiger partial charge in [0.05, 0.1) is 0 Å². The predicted octanol–water partition coefficient (Wildman–Crippen LogP) is 7.99. The zero-order valence-electron chi connectivity index (χ0n) is 25.8. The van der Waals surface area contributed by atoms with Crippen LogP contribution in [0.4, 0.5) is 4.79 Å². The van der Waals surface area contributed by atoms with Crippen molar-refractivity contribution in [2.75, 3.05) is 19.3 Å². The van der Waals surface area contributed by atoms with Crippen LogP contribution in [0, 0.1) is 19.8 Å². The molecule has 42 heavy (non-hydrogen) atoms. The van der Waals surface area contributed by atoms with Crippen molar-refractivity contribution in [2.24, 2.45) is 5.92 Å². The molecule has 0 aromatic heterocycles. The maximum Gasteiger partial charge on any atom is 0.415 e. The first kappa shape index (κ1) is 31.4. The Hall–Kier alpha value is -3.58. The number of carbonyl (C=O) groups excluding carboxylic acids is 3. The van der Waals surface area contributed by atoms with E-state index < -0.39 is 17.6 Å². The Morgan fingerprint density at radius 3 is 2.05 bits per heavy atom. The second-order valence-corrected chi connectivity index (χ2v) is 12.8. The molecule has 0 aliphatic carbocycles. The summed E-state index contributed by atoms with van der Waals surface area (Å²) >= 11 is 1.62. The summed E-state index contributed by atoms with van der Waals surface area (Å²) in [6, 6.07) is 19.2. The monoisotopic (exact) mass is 587 g/mol. The van der Waals surface area contributed by atoms with E-state index in [1.165, 1.54) is 12.5 Å². The topological polar surface area (TPSA) is 72.9 Å². The van der Waals surface area contributed by atoms with Gasteiger partial charge in [0.25, 0.3) is 0 Å². The van der Waals surface area contributed by atoms with Crippen molar-refractivity contribution in [1.29, 1.82) is 0 Å². The molecule has 1 fully saturated rings. The van der Waals surface area contributed by atoms with Crippen LogP contribution >= 0.6 is 11.8 Å². The van der Waals surface area contributed by atoms with Crippen LogP contribution < -0.4 is 9.47 Å². The molecule has 3 aromatic carbocycles. The quantitative estimate of drug-likeness (QED) is 0.187. The minimum absolute atomic E-state index is 0.00224. The molecule has 2 atom stereocenters. The lowest BCUT2D eigenvalue weighted by atomic mass is 9.82. The number of Topliss-reactive ketones (excluding diaryl/α,β-unsaturated/α-hetero) is 2. The van der Waals surface area contributed by atoms with Crippen LogP contribution in [-0.4, -0.2) is 47.5 Å². The molecule has 0 bridgehead atoms. The molecule has 7 heteroatoms. The van der Waals surface area contributed by atoms with Gasteiger partial charge in [-0.15, -0.1) is 11.8 Å². The van der Waals surface area contributed by atoms with E-state index in [0.29, 0.717) is 29.5 Å². The predicted molar refractivity (Wildman–Crippen MR) is 168 cm³/mol. The number of rotatable bonds is 9. The molecule has 1 aliphatic rings. The van der Waals surface area contributed by atoms with Gasteiger partial charge in [0.15, 0.2) is 17.2 Å². The molecule has 3 aromatic rings. The van der Waals surface area contributed by atoms with Crippen molar-refractivity contribution in [2.45, 2.75) is 70.8 Å². The molecule has 0 saturated carbocycles. The maximum absolute atomic E-state index is 13.9. The van der Waals surface area contributed by atoms with E-state index in [-0.39, 0.29) is 24.0 Å². The van der Waals surface area contributed by atoms with Gasteiger partial charge >= 0.3 is 6.09 Å². The third-order valence-electron chi connectivity index (χ3n) is 8.16. The van der Waals surface area contributed by atoms with E-state index in [0.717, 1.165) is 21.6 Å². The number of ketones is 2. The molecule has 1 amide bonds. The number of benzene rings is 3. The van der Waals surface area contributed by atoms with Gasteiger partial charge in [-0.3, -0.25) is 9.59 Å². The maximum atomic E-state index is 13.9. The van der Waals surface area contributed by atoms with Crippen LogP contribution in [0.1, 0.15) is 79.1 Å². The lowest BCUT2D eigenvalue weighted by molar-refractivity contribution is -0.129. The minimum atomic E-state index is -0.959. The van der Waals surface area contributed by atoms with E-state index in [1.807, 2.05) is 80.8 Å². The number of amides is 1. The minimum Gasteiger partial charge on any atom is -0.480 e. The highest BCUT2D eigenvalue weighted by Crippen LogP contribution is 2.39. The van der Waals surface area contributed by atoms with Crippen LogP contribution in [0.25, 0.3) is 0 Å². The van der Waals surface area contributed by atoms with E-state index >= 15 is 0 Å². The highest BCUT2D eigenvalue weighted by atomic mass is 32.2. The molecular formula is C35H41NO5S. The lowest BCUT2D eigenvalue weighted by Gasteiger charge is -2.27. The second kappa shape index (κ2) is 12.7. The summed E-state index contributed by atoms with van der Waals surface area (Å²) in [6.07, 6.45) is 1.53. The first-order chi connectivity index (χ1) is 19.8. The number of ether oxygens (including phenoxy) is 2. The average molecular weight is 588 g/mol. The van der Waals surface area contributed by atoms with Crippen LogP contribution in [0.15, 0.2) is 65.6 Å². The molecule has 0 N–H and O–H groups in total. The molecule has 1 heterocycles. The fourth-order valence-corrected chi connectivity index (χ4v) is 5.71. The Balaban J connectivity index is 1.64. The number of hydrogen-bond acceptors (Lipinski definition) is 6. The smallest absolute Gasteiger partial charge is 0.415 e. The number of aryl methyl sites for hydroxylation is 2. The number of hydrogen-bond donors (Lipinski definition) is 0. The zero-order chi connectivity index (χ0) is 30.8. The standard InChI is InChI=1S/C35H41NO5S/c1-21(2)25-9-13-28(14-10-25)40-34(39)36-19-30(31(20-36)32(38)26-11-15-29(42-8)16-12-26)27-17-22(3)33(23(4)18-27)41-35(6,7)24(5)37/h9-18,21,30-31H,19-20H2,1-8H3/t30-,31+/m1/s1. The molecule has 0 unspecified atom stereocenters. The summed E-state index contributed by atoms with van der Waals surface area (Å²) in [4.78, 5) is 42.1. The summed E-state index contributed by atoms with van der Waals surface area (Å²) in [5.41, 5.74) is 3.54. The SMILES string of the molecule is CSc1ccc(C(=O)[C@H]2CN(C(=O)Oc3ccc(C(C)C)cc3)C[C@@H]2c2cc(C)c(OC(C)(C)C(C)=O)c(C)c2)cc1. The first-order valence-corrected chi connectivity index (χ1v) is 15.6. The van der Waals surface area contributed by atoms with E-state index in [1.54, 1.807) is 30.5 Å². The van der Waals surface area contributed by atoms with E-state index in [2.05, 4.69) is 13.8 Å². The number of likely N-dealkylation sites (tertiary alicyclic amines) is 1. The Morgan fingerprint density at radius 1 is 0.929 bits per heavy atom. The van der Waals surface area contributed by atoms with E-state index in [4.69, 9.17) is 9.47 Å². The lowest BCUT2D eigenvalue weighted by Crippen LogP contribution is -2.36. The molecule has 0 radical (unpaired) electrons. The number of carbonyl (C=O) groups is 3. The Bertz CT molecular complexity index is 1440. The van der Waals surface area contributed by atoms with Gasteiger partial charge in [-0.25, -0.2) is 4.79 Å². The van der Waals surface area contributed by atoms with Crippen LogP contribution in [-0.2, 0) is 4.79 Å². The normalized spacial score (nSPS) is 16.9. The molecule has 4 rings (SSSR count). The number of thioether (sulfide) groups is 1. The molecule has 6 nitrogen and oxygen atoms in total. The van der Waals surface area contributed by atoms with Crippen molar-refractivity contribution in [3.05, 3.63) is 88.5 Å². The fourth-order valence-electron chi connectivity index (χ4n) is 5.30. The highest BCUT2D eigenvalue weighted by molar-refractivity contribution is 7.98. The van der Waals surface area contributed by atoms with Crippen molar-refractivity contribution < 1.29 is 23.9 Å². The van der Waals surface area contributed by atoms with Crippen molar-refractivity contribution >= 4 is 29.4 Å². The first-order valence-electron chi connectivity index (χ1n) is 14.4. The van der Waals surface area contributed by atoms with Crippen molar-refractivity contribution in [3.8, 4) is 11.5 Å². The van der Waals surface area contributed by atoms with Crippen LogP contribution in [0.5, 0.6) is 11.5 Å². The highest BCUT2D eigenvalue weighted by Gasteiger charge is 2.42. The van der Waals surface area contributed by atoms with Gasteiger partial charge in [-0.2, -0.15) is 0 Å². The van der Waals surface area contributed by atoms with Gasteiger partial charge in [0, 0.05) is 35.4 Å². The van der Waals surface area contributed by atoms with Gasteiger partial charge in [0.1, 0.15) is 11.5 Å². The number of nitrogens with zero attached hydrogens (tertiary/aromatic N) is 1. The molecule has 1 saturated heterocycles. The van der Waals surface area contributed by atoms with Crippen molar-refractivity contribution in [3.63, 3.8) is 0 Å². The third-order valence-corrected chi connectivity index (χ3v) is 8.90.